The highest BCUT2D eigenvalue weighted by Crippen LogP contribution is 2.29. The molecule has 6 nitrogen and oxygen atoms in total. The van der Waals surface area contributed by atoms with Crippen molar-refractivity contribution in [1.82, 2.24) is 9.97 Å². The van der Waals surface area contributed by atoms with Crippen LogP contribution in [0.15, 0.2) is 18.2 Å². The van der Waals surface area contributed by atoms with Crippen molar-refractivity contribution in [2.45, 2.75) is 60.5 Å². The number of ether oxygens (including phenoxy) is 1. The van der Waals surface area contributed by atoms with E-state index in [4.69, 9.17) is 10.5 Å². The number of hydrogen-bond acceptors (Lipinski definition) is 6. The number of aryl methyl sites for hydroxylation is 1. The predicted octanol–water partition coefficient (Wildman–Crippen LogP) is 4.03. The second-order valence-electron chi connectivity index (χ2n) is 6.89. The summed E-state index contributed by atoms with van der Waals surface area (Å²) in [4.78, 5) is 20.7. The number of hydrogen-bond donors (Lipinski definition) is 2. The Labute approximate surface area is 161 Å². The summed E-state index contributed by atoms with van der Waals surface area (Å²) in [7, 11) is 0. The van der Waals surface area contributed by atoms with Gasteiger partial charge in [0.15, 0.2) is 5.82 Å². The number of carbonyl (C=O) groups is 1. The molecule has 0 amide bonds. The molecule has 0 atom stereocenters. The number of aliphatic hydroxyl groups is 1. The summed E-state index contributed by atoms with van der Waals surface area (Å²) < 4.78 is 4.99. The first kappa shape index (κ1) is 22.6. The zero-order chi connectivity index (χ0) is 20.8. The molecule has 0 bridgehead atoms. The molecule has 0 spiro atoms. The van der Waals surface area contributed by atoms with E-state index in [0.717, 1.165) is 11.1 Å². The highest BCUT2D eigenvalue weighted by Gasteiger charge is 2.21. The van der Waals surface area contributed by atoms with Crippen LogP contribution in [-0.2, 0) is 16.8 Å². The van der Waals surface area contributed by atoms with E-state index in [-0.39, 0.29) is 30.0 Å². The summed E-state index contributed by atoms with van der Waals surface area (Å²) in [6.45, 7) is 13.9. The van der Waals surface area contributed by atoms with E-state index in [1.54, 1.807) is 13.8 Å². The number of aromatic nitrogens is 2. The van der Waals surface area contributed by atoms with Crippen molar-refractivity contribution in [3.05, 3.63) is 40.6 Å². The third-order valence-corrected chi connectivity index (χ3v) is 3.98. The number of anilines is 1. The van der Waals surface area contributed by atoms with Gasteiger partial charge in [-0.15, -0.1) is 0 Å². The van der Waals surface area contributed by atoms with E-state index in [1.165, 1.54) is 0 Å². The normalized spacial score (nSPS) is 10.8. The standard InChI is InChI=1S/C19H25N3O3.C2H6/c1-6-25-18(24)15-11(2)21-17(22-16(15)20)14-8-7-13(19(3,4)5)9-12(14)10-23;1-2/h7-9,23H,6,10H2,1-5H3,(H2,20,21,22);1-2H3. The van der Waals surface area contributed by atoms with Crippen LogP contribution in [0.25, 0.3) is 11.4 Å². The van der Waals surface area contributed by atoms with Crippen LogP contribution in [0, 0.1) is 6.92 Å². The van der Waals surface area contributed by atoms with E-state index in [0.29, 0.717) is 17.1 Å². The molecular weight excluding hydrogens is 342 g/mol. The molecule has 0 aliphatic heterocycles. The van der Waals surface area contributed by atoms with Crippen molar-refractivity contribution >= 4 is 11.8 Å². The van der Waals surface area contributed by atoms with E-state index in [2.05, 4.69) is 30.7 Å². The Bertz CT molecular complexity index is 773. The summed E-state index contributed by atoms with van der Waals surface area (Å²) >= 11 is 0. The minimum atomic E-state index is -0.533. The molecule has 3 N–H and O–H groups in total. The lowest BCUT2D eigenvalue weighted by Crippen LogP contribution is -2.14. The lowest BCUT2D eigenvalue weighted by molar-refractivity contribution is 0.0526. The van der Waals surface area contributed by atoms with Crippen LogP contribution in [-0.4, -0.2) is 27.7 Å². The first-order chi connectivity index (χ1) is 12.7. The van der Waals surface area contributed by atoms with E-state index in [1.807, 2.05) is 32.0 Å². The van der Waals surface area contributed by atoms with Gasteiger partial charge in [0.05, 0.1) is 18.9 Å². The van der Waals surface area contributed by atoms with Gasteiger partial charge in [-0.25, -0.2) is 14.8 Å². The fourth-order valence-corrected chi connectivity index (χ4v) is 2.58. The van der Waals surface area contributed by atoms with E-state index in [9.17, 15) is 9.90 Å². The molecule has 0 saturated heterocycles. The fourth-order valence-electron chi connectivity index (χ4n) is 2.58. The highest BCUT2D eigenvalue weighted by molar-refractivity contribution is 5.95. The van der Waals surface area contributed by atoms with Gasteiger partial charge >= 0.3 is 5.97 Å². The molecule has 1 aromatic carbocycles. The Balaban J connectivity index is 0.00000176. The topological polar surface area (TPSA) is 98.3 Å². The quantitative estimate of drug-likeness (QED) is 0.785. The molecule has 0 saturated carbocycles. The summed E-state index contributed by atoms with van der Waals surface area (Å²) in [6, 6.07) is 5.82. The molecule has 27 heavy (non-hydrogen) atoms. The Morgan fingerprint density at radius 2 is 1.85 bits per heavy atom. The van der Waals surface area contributed by atoms with Crippen molar-refractivity contribution in [2.24, 2.45) is 0 Å². The Hall–Kier alpha value is -2.47. The molecule has 2 rings (SSSR count). The fraction of sp³-hybridized carbons (Fsp3) is 0.476. The Kier molecular flexibility index (Phi) is 7.91. The van der Waals surface area contributed by atoms with Gasteiger partial charge in [0.25, 0.3) is 0 Å². The van der Waals surface area contributed by atoms with Crippen molar-refractivity contribution < 1.29 is 14.6 Å². The van der Waals surface area contributed by atoms with Crippen LogP contribution < -0.4 is 5.73 Å². The number of rotatable bonds is 4. The van der Waals surface area contributed by atoms with Gasteiger partial charge in [-0.3, -0.25) is 0 Å². The van der Waals surface area contributed by atoms with Crippen LogP contribution in [0.4, 0.5) is 5.82 Å². The van der Waals surface area contributed by atoms with Crippen LogP contribution in [0.3, 0.4) is 0 Å². The second kappa shape index (κ2) is 9.46. The summed E-state index contributed by atoms with van der Waals surface area (Å²) in [6.07, 6.45) is 0. The number of aliphatic hydroxyl groups excluding tert-OH is 1. The second-order valence-corrected chi connectivity index (χ2v) is 6.89. The predicted molar refractivity (Wildman–Crippen MR) is 109 cm³/mol. The zero-order valence-corrected chi connectivity index (χ0v) is 17.4. The average molecular weight is 373 g/mol. The van der Waals surface area contributed by atoms with Crippen molar-refractivity contribution in [3.8, 4) is 11.4 Å². The molecule has 6 heteroatoms. The molecule has 0 radical (unpaired) electrons. The maximum absolute atomic E-state index is 12.0. The summed E-state index contributed by atoms with van der Waals surface area (Å²) in [5, 5.41) is 9.76. The van der Waals surface area contributed by atoms with Crippen molar-refractivity contribution in [3.63, 3.8) is 0 Å². The van der Waals surface area contributed by atoms with Gasteiger partial charge in [-0.2, -0.15) is 0 Å². The minimum absolute atomic E-state index is 0.0357. The molecule has 0 unspecified atom stereocenters. The van der Waals surface area contributed by atoms with Gasteiger partial charge in [0.2, 0.25) is 0 Å². The highest BCUT2D eigenvalue weighted by atomic mass is 16.5. The number of nitrogen functional groups attached to an aromatic ring is 1. The average Bonchev–Trinajstić information content (AvgIpc) is 2.61. The number of nitrogens with zero attached hydrogens (tertiary/aromatic N) is 2. The monoisotopic (exact) mass is 373 g/mol. The Morgan fingerprint density at radius 3 is 2.33 bits per heavy atom. The van der Waals surface area contributed by atoms with Gasteiger partial charge < -0.3 is 15.6 Å². The maximum Gasteiger partial charge on any atom is 0.343 e. The van der Waals surface area contributed by atoms with Crippen LogP contribution >= 0.6 is 0 Å². The molecular formula is C21H31N3O3. The number of esters is 1. The van der Waals surface area contributed by atoms with Crippen molar-refractivity contribution in [2.75, 3.05) is 12.3 Å². The first-order valence-electron chi connectivity index (χ1n) is 9.24. The smallest absolute Gasteiger partial charge is 0.343 e. The third-order valence-electron chi connectivity index (χ3n) is 3.98. The molecule has 0 aliphatic rings. The molecule has 0 fully saturated rings. The molecule has 2 aromatic rings. The maximum atomic E-state index is 12.0. The van der Waals surface area contributed by atoms with Gasteiger partial charge in [0.1, 0.15) is 11.4 Å². The van der Waals surface area contributed by atoms with Crippen molar-refractivity contribution in [1.29, 1.82) is 0 Å². The SMILES string of the molecule is CC.CCOC(=O)c1c(C)nc(-c2ccc(C(C)(C)C)cc2CO)nc1N. The number of nitrogens with two attached hydrogens (primary N) is 1. The Morgan fingerprint density at radius 1 is 1.22 bits per heavy atom. The minimum Gasteiger partial charge on any atom is -0.462 e. The van der Waals surface area contributed by atoms with E-state index >= 15 is 0 Å². The zero-order valence-electron chi connectivity index (χ0n) is 17.4. The van der Waals surface area contributed by atoms with Gasteiger partial charge in [0, 0.05) is 5.56 Å². The van der Waals surface area contributed by atoms with Gasteiger partial charge in [-0.1, -0.05) is 52.8 Å². The van der Waals surface area contributed by atoms with Gasteiger partial charge in [-0.05, 0) is 30.4 Å². The molecule has 0 aliphatic carbocycles. The summed E-state index contributed by atoms with van der Waals surface area (Å²) in [5.41, 5.74) is 9.08. The van der Waals surface area contributed by atoms with Crippen LogP contribution in [0.5, 0.6) is 0 Å². The lowest BCUT2D eigenvalue weighted by Gasteiger charge is -2.21. The van der Waals surface area contributed by atoms with E-state index < -0.39 is 5.97 Å². The summed E-state index contributed by atoms with van der Waals surface area (Å²) in [5.74, 6) is -0.0770. The molecule has 148 valence electrons. The first-order valence-corrected chi connectivity index (χ1v) is 9.24. The molecule has 1 heterocycles. The van der Waals surface area contributed by atoms with Crippen LogP contribution in [0.1, 0.15) is 68.7 Å². The molecule has 1 aromatic heterocycles. The largest absolute Gasteiger partial charge is 0.462 e. The third kappa shape index (κ3) is 5.26. The number of carbonyl (C=O) groups excluding carboxylic acids is 1. The number of benzene rings is 1. The van der Waals surface area contributed by atoms with Crippen LogP contribution in [0.2, 0.25) is 0 Å². The lowest BCUT2D eigenvalue weighted by atomic mass is 9.85.